The van der Waals surface area contributed by atoms with Gasteiger partial charge in [0.05, 0.1) is 6.61 Å². The Bertz CT molecular complexity index is 652. The number of halogens is 1. The zero-order chi connectivity index (χ0) is 20.2. The largest absolute Gasteiger partial charge is 0.490 e. The van der Waals surface area contributed by atoms with E-state index < -0.39 is 6.10 Å². The van der Waals surface area contributed by atoms with Gasteiger partial charge in [-0.3, -0.25) is 9.69 Å². The number of ether oxygens (including phenoxy) is 2. The van der Waals surface area contributed by atoms with Crippen molar-refractivity contribution >= 4 is 18.3 Å². The van der Waals surface area contributed by atoms with Gasteiger partial charge in [0.1, 0.15) is 0 Å². The predicted octanol–water partition coefficient (Wildman–Crippen LogP) is 2.92. The third kappa shape index (κ3) is 6.26. The fourth-order valence-electron chi connectivity index (χ4n) is 3.50. The lowest BCUT2D eigenvalue weighted by Gasteiger charge is -2.42. The van der Waals surface area contributed by atoms with Gasteiger partial charge in [0.15, 0.2) is 17.6 Å². The Morgan fingerprint density at radius 3 is 2.61 bits per heavy atom. The fourth-order valence-corrected chi connectivity index (χ4v) is 3.50. The van der Waals surface area contributed by atoms with E-state index in [1.54, 1.807) is 21.0 Å². The first-order valence-electron chi connectivity index (χ1n) is 9.75. The normalized spacial score (nSPS) is 20.0. The molecule has 7 heteroatoms. The average molecular weight is 414 g/mol. The van der Waals surface area contributed by atoms with E-state index in [0.717, 1.165) is 26.1 Å². The maximum atomic E-state index is 12.1. The van der Waals surface area contributed by atoms with Crippen molar-refractivity contribution in [1.82, 2.24) is 9.80 Å². The van der Waals surface area contributed by atoms with Crippen molar-refractivity contribution in [2.45, 2.75) is 52.8 Å². The minimum atomic E-state index is -0.561. The molecule has 0 radical (unpaired) electrons. The van der Waals surface area contributed by atoms with Gasteiger partial charge in [-0.05, 0) is 43.4 Å². The third-order valence-corrected chi connectivity index (χ3v) is 5.20. The standard InChI is InChI=1S/C21H35N3O3.ClH/c1-7-26-18-12-16(13-24-11-10-19(22)21(3,4)14-24)8-9-17(18)27-15(2)20(25)23(5)6;/h8-9,12,15,19H,7,10-11,13-14,22H2,1-6H3;1H. The molecular formula is C21H36ClN3O3. The molecule has 0 spiro atoms. The van der Waals surface area contributed by atoms with Crippen LogP contribution in [-0.2, 0) is 11.3 Å². The second kappa shape index (κ2) is 10.3. The summed E-state index contributed by atoms with van der Waals surface area (Å²) in [6, 6.07) is 6.22. The van der Waals surface area contributed by atoms with Crippen LogP contribution >= 0.6 is 12.4 Å². The van der Waals surface area contributed by atoms with E-state index in [0.29, 0.717) is 18.1 Å². The Balaban J connectivity index is 0.00000392. The second-order valence-corrected chi connectivity index (χ2v) is 8.30. The van der Waals surface area contributed by atoms with E-state index in [-0.39, 0.29) is 29.8 Å². The van der Waals surface area contributed by atoms with Crippen LogP contribution in [-0.4, -0.2) is 61.6 Å². The summed E-state index contributed by atoms with van der Waals surface area (Å²) in [4.78, 5) is 16.0. The molecule has 28 heavy (non-hydrogen) atoms. The summed E-state index contributed by atoms with van der Waals surface area (Å²) in [6.45, 7) is 11.5. The summed E-state index contributed by atoms with van der Waals surface area (Å²) >= 11 is 0. The van der Waals surface area contributed by atoms with Gasteiger partial charge in [-0.25, -0.2) is 0 Å². The van der Waals surface area contributed by atoms with Crippen molar-refractivity contribution in [3.63, 3.8) is 0 Å². The van der Waals surface area contributed by atoms with Gasteiger partial charge >= 0.3 is 0 Å². The molecule has 2 unspecified atom stereocenters. The zero-order valence-corrected chi connectivity index (χ0v) is 18.8. The fraction of sp³-hybridized carbons (Fsp3) is 0.667. The number of hydrogen-bond acceptors (Lipinski definition) is 5. The number of piperidine rings is 1. The summed E-state index contributed by atoms with van der Waals surface area (Å²) in [5, 5.41) is 0. The molecule has 2 atom stereocenters. The summed E-state index contributed by atoms with van der Waals surface area (Å²) < 4.78 is 11.6. The van der Waals surface area contributed by atoms with Crippen molar-refractivity contribution < 1.29 is 14.3 Å². The number of nitrogens with zero attached hydrogens (tertiary/aromatic N) is 2. The summed E-state index contributed by atoms with van der Waals surface area (Å²) in [6.07, 6.45) is 0.450. The van der Waals surface area contributed by atoms with E-state index >= 15 is 0 Å². The van der Waals surface area contributed by atoms with Crippen LogP contribution in [0.15, 0.2) is 18.2 Å². The molecule has 1 amide bonds. The van der Waals surface area contributed by atoms with Crippen molar-refractivity contribution in [3.05, 3.63) is 23.8 Å². The van der Waals surface area contributed by atoms with Crippen LogP contribution in [0.5, 0.6) is 11.5 Å². The summed E-state index contributed by atoms with van der Waals surface area (Å²) in [7, 11) is 3.45. The Morgan fingerprint density at radius 2 is 2.04 bits per heavy atom. The topological polar surface area (TPSA) is 68.0 Å². The first kappa shape index (κ1) is 24.5. The third-order valence-electron chi connectivity index (χ3n) is 5.20. The number of hydrogen-bond donors (Lipinski definition) is 1. The number of amides is 1. The molecule has 1 aromatic rings. The van der Waals surface area contributed by atoms with Crippen molar-refractivity contribution in [2.24, 2.45) is 11.1 Å². The average Bonchev–Trinajstić information content (AvgIpc) is 2.59. The highest BCUT2D eigenvalue weighted by molar-refractivity contribution is 5.85. The molecule has 1 heterocycles. The summed E-state index contributed by atoms with van der Waals surface area (Å²) in [5.41, 5.74) is 7.54. The highest BCUT2D eigenvalue weighted by Gasteiger charge is 2.33. The van der Waals surface area contributed by atoms with Gasteiger partial charge in [-0.2, -0.15) is 0 Å². The van der Waals surface area contributed by atoms with Crippen LogP contribution in [0.4, 0.5) is 0 Å². The second-order valence-electron chi connectivity index (χ2n) is 8.30. The van der Waals surface area contributed by atoms with Crippen molar-refractivity contribution in [1.29, 1.82) is 0 Å². The lowest BCUT2D eigenvalue weighted by molar-refractivity contribution is -0.135. The number of carbonyl (C=O) groups is 1. The number of likely N-dealkylation sites (tertiary alicyclic amines) is 1. The quantitative estimate of drug-likeness (QED) is 0.744. The van der Waals surface area contributed by atoms with Gasteiger partial charge in [-0.15, -0.1) is 12.4 Å². The van der Waals surface area contributed by atoms with Gasteiger partial charge in [-0.1, -0.05) is 19.9 Å². The Kier molecular flexibility index (Phi) is 9.05. The smallest absolute Gasteiger partial charge is 0.262 e. The Hall–Kier alpha value is -1.50. The number of rotatable bonds is 7. The monoisotopic (exact) mass is 413 g/mol. The molecule has 0 bridgehead atoms. The molecule has 0 saturated carbocycles. The maximum Gasteiger partial charge on any atom is 0.262 e. The molecule has 0 aromatic heterocycles. The van der Waals surface area contributed by atoms with Crippen LogP contribution in [0.2, 0.25) is 0 Å². The minimum Gasteiger partial charge on any atom is -0.490 e. The molecule has 1 aliphatic heterocycles. The zero-order valence-electron chi connectivity index (χ0n) is 18.0. The van der Waals surface area contributed by atoms with Crippen LogP contribution in [0, 0.1) is 5.41 Å². The first-order valence-corrected chi connectivity index (χ1v) is 9.75. The molecule has 2 N–H and O–H groups in total. The molecule has 1 fully saturated rings. The predicted molar refractivity (Wildman–Crippen MR) is 115 cm³/mol. The van der Waals surface area contributed by atoms with Crippen LogP contribution < -0.4 is 15.2 Å². The number of carbonyl (C=O) groups excluding carboxylic acids is 1. The molecular weight excluding hydrogens is 378 g/mol. The van der Waals surface area contributed by atoms with E-state index in [2.05, 4.69) is 18.7 Å². The van der Waals surface area contributed by atoms with Crippen LogP contribution in [0.1, 0.15) is 39.7 Å². The molecule has 2 rings (SSSR count). The lowest BCUT2D eigenvalue weighted by atomic mass is 9.79. The molecule has 1 saturated heterocycles. The highest BCUT2D eigenvalue weighted by Crippen LogP contribution is 2.32. The van der Waals surface area contributed by atoms with Gasteiger partial charge in [0, 0.05) is 39.8 Å². The van der Waals surface area contributed by atoms with Crippen molar-refractivity contribution in [3.8, 4) is 11.5 Å². The van der Waals surface area contributed by atoms with E-state index in [4.69, 9.17) is 15.2 Å². The van der Waals surface area contributed by atoms with Gasteiger partial charge in [0.25, 0.3) is 5.91 Å². The first-order chi connectivity index (χ1) is 12.6. The Labute approximate surface area is 175 Å². The van der Waals surface area contributed by atoms with Crippen molar-refractivity contribution in [2.75, 3.05) is 33.8 Å². The Morgan fingerprint density at radius 1 is 1.36 bits per heavy atom. The number of nitrogens with two attached hydrogens (primary N) is 1. The molecule has 6 nitrogen and oxygen atoms in total. The summed E-state index contributed by atoms with van der Waals surface area (Å²) in [5.74, 6) is 1.21. The maximum absolute atomic E-state index is 12.1. The molecule has 1 aliphatic rings. The molecule has 0 aliphatic carbocycles. The minimum absolute atomic E-state index is 0. The molecule has 1 aromatic carbocycles. The SMILES string of the molecule is CCOc1cc(CN2CCC(N)C(C)(C)C2)ccc1OC(C)C(=O)N(C)C.Cl. The van der Waals surface area contributed by atoms with Crippen LogP contribution in [0.25, 0.3) is 0 Å². The van der Waals surface area contributed by atoms with Crippen LogP contribution in [0.3, 0.4) is 0 Å². The van der Waals surface area contributed by atoms with E-state index in [9.17, 15) is 4.79 Å². The number of benzene rings is 1. The number of likely N-dealkylation sites (N-methyl/N-ethyl adjacent to an activating group) is 1. The van der Waals surface area contributed by atoms with E-state index in [1.807, 2.05) is 25.1 Å². The van der Waals surface area contributed by atoms with E-state index in [1.165, 1.54) is 10.5 Å². The van der Waals surface area contributed by atoms with Gasteiger partial charge < -0.3 is 20.1 Å². The molecule has 160 valence electrons. The van der Waals surface area contributed by atoms with Gasteiger partial charge in [0.2, 0.25) is 0 Å². The lowest BCUT2D eigenvalue weighted by Crippen LogP contribution is -2.52. The highest BCUT2D eigenvalue weighted by atomic mass is 35.5.